The molecule has 0 aliphatic heterocycles. The SMILES string of the molecule is CCCOc1c(Cl)cc(C(=O)N(C)C(c2ccccc2)c2ccccn2)cc1OC. The molecular formula is C24H25ClN2O3. The number of hydrogen-bond donors (Lipinski definition) is 0. The second-order valence-electron chi connectivity index (χ2n) is 6.82. The summed E-state index contributed by atoms with van der Waals surface area (Å²) in [5, 5.41) is 0.341. The van der Waals surface area contributed by atoms with Crippen LogP contribution in [0.25, 0.3) is 0 Å². The molecule has 1 atom stereocenters. The van der Waals surface area contributed by atoms with Crippen LogP contribution in [-0.2, 0) is 0 Å². The number of methoxy groups -OCH3 is 1. The summed E-state index contributed by atoms with van der Waals surface area (Å²) in [7, 11) is 3.29. The van der Waals surface area contributed by atoms with Crippen molar-refractivity contribution < 1.29 is 14.3 Å². The van der Waals surface area contributed by atoms with Crippen molar-refractivity contribution in [2.24, 2.45) is 0 Å². The number of rotatable bonds is 8. The Bertz CT molecular complexity index is 941. The highest BCUT2D eigenvalue weighted by atomic mass is 35.5. The minimum atomic E-state index is -0.347. The van der Waals surface area contributed by atoms with Crippen LogP contribution in [0.2, 0.25) is 5.02 Å². The van der Waals surface area contributed by atoms with Crippen molar-refractivity contribution in [2.75, 3.05) is 20.8 Å². The van der Waals surface area contributed by atoms with Crippen molar-refractivity contribution in [1.82, 2.24) is 9.88 Å². The maximum absolute atomic E-state index is 13.4. The van der Waals surface area contributed by atoms with Gasteiger partial charge in [-0.25, -0.2) is 0 Å². The molecule has 5 nitrogen and oxygen atoms in total. The van der Waals surface area contributed by atoms with E-state index < -0.39 is 0 Å². The molecular weight excluding hydrogens is 400 g/mol. The van der Waals surface area contributed by atoms with E-state index in [-0.39, 0.29) is 11.9 Å². The van der Waals surface area contributed by atoms with E-state index in [9.17, 15) is 4.79 Å². The Morgan fingerprint density at radius 2 is 1.87 bits per heavy atom. The van der Waals surface area contributed by atoms with E-state index in [1.807, 2.05) is 55.5 Å². The van der Waals surface area contributed by atoms with Crippen LogP contribution in [0.4, 0.5) is 0 Å². The topological polar surface area (TPSA) is 51.7 Å². The van der Waals surface area contributed by atoms with Gasteiger partial charge in [0.1, 0.15) is 0 Å². The molecule has 0 saturated carbocycles. The number of halogens is 1. The molecule has 0 aliphatic rings. The first kappa shape index (κ1) is 21.7. The normalized spacial score (nSPS) is 11.6. The predicted molar refractivity (Wildman–Crippen MR) is 118 cm³/mol. The maximum atomic E-state index is 13.4. The van der Waals surface area contributed by atoms with E-state index in [0.29, 0.717) is 28.7 Å². The first-order chi connectivity index (χ1) is 14.6. The summed E-state index contributed by atoms with van der Waals surface area (Å²) in [6.45, 7) is 2.52. The van der Waals surface area contributed by atoms with Crippen molar-refractivity contribution >= 4 is 17.5 Å². The van der Waals surface area contributed by atoms with E-state index in [1.165, 1.54) is 7.11 Å². The summed E-state index contributed by atoms with van der Waals surface area (Å²) in [5.41, 5.74) is 2.16. The number of hydrogen-bond acceptors (Lipinski definition) is 4. The van der Waals surface area contributed by atoms with Crippen LogP contribution < -0.4 is 9.47 Å². The van der Waals surface area contributed by atoms with Crippen LogP contribution in [0.1, 0.15) is 41.0 Å². The third-order valence-corrected chi connectivity index (χ3v) is 5.00. The molecule has 3 rings (SSSR count). The number of ether oxygens (including phenoxy) is 2. The van der Waals surface area contributed by atoms with Gasteiger partial charge in [-0.15, -0.1) is 0 Å². The molecule has 0 N–H and O–H groups in total. The summed E-state index contributed by atoms with van der Waals surface area (Å²) in [4.78, 5) is 19.6. The Labute approximate surface area is 182 Å². The zero-order chi connectivity index (χ0) is 21.5. The average Bonchev–Trinajstić information content (AvgIpc) is 2.78. The van der Waals surface area contributed by atoms with E-state index in [0.717, 1.165) is 17.7 Å². The second kappa shape index (κ2) is 10.1. The van der Waals surface area contributed by atoms with Gasteiger partial charge in [-0.05, 0) is 36.2 Å². The molecule has 1 aromatic heterocycles. The van der Waals surface area contributed by atoms with Crippen LogP contribution in [-0.4, -0.2) is 36.6 Å². The molecule has 0 aliphatic carbocycles. The van der Waals surface area contributed by atoms with E-state index in [2.05, 4.69) is 4.98 Å². The monoisotopic (exact) mass is 424 g/mol. The minimum absolute atomic E-state index is 0.197. The molecule has 0 bridgehead atoms. The molecule has 2 aromatic carbocycles. The molecule has 156 valence electrons. The van der Waals surface area contributed by atoms with Crippen LogP contribution in [0, 0.1) is 0 Å². The van der Waals surface area contributed by atoms with E-state index in [4.69, 9.17) is 21.1 Å². The predicted octanol–water partition coefficient (Wildman–Crippen LogP) is 5.39. The molecule has 1 unspecified atom stereocenters. The lowest BCUT2D eigenvalue weighted by atomic mass is 10.0. The molecule has 1 amide bonds. The fourth-order valence-electron chi connectivity index (χ4n) is 3.27. The van der Waals surface area contributed by atoms with Crippen molar-refractivity contribution in [3.05, 3.63) is 88.7 Å². The Morgan fingerprint density at radius 1 is 1.13 bits per heavy atom. The molecule has 0 saturated heterocycles. The van der Waals surface area contributed by atoms with Crippen molar-refractivity contribution in [1.29, 1.82) is 0 Å². The van der Waals surface area contributed by atoms with Crippen molar-refractivity contribution in [3.63, 3.8) is 0 Å². The summed E-state index contributed by atoms with van der Waals surface area (Å²) in [6.07, 6.45) is 2.56. The Hall–Kier alpha value is -3.05. The zero-order valence-corrected chi connectivity index (χ0v) is 18.1. The fraction of sp³-hybridized carbons (Fsp3) is 0.250. The van der Waals surface area contributed by atoms with Gasteiger partial charge in [0.15, 0.2) is 11.5 Å². The number of carbonyl (C=O) groups excluding carboxylic acids is 1. The van der Waals surface area contributed by atoms with Gasteiger partial charge in [-0.1, -0.05) is 54.9 Å². The lowest BCUT2D eigenvalue weighted by molar-refractivity contribution is 0.0752. The third kappa shape index (κ3) is 4.74. The second-order valence-corrected chi connectivity index (χ2v) is 7.23. The van der Waals surface area contributed by atoms with E-state index in [1.54, 1.807) is 30.3 Å². The highest BCUT2D eigenvalue weighted by molar-refractivity contribution is 6.32. The maximum Gasteiger partial charge on any atom is 0.254 e. The fourth-order valence-corrected chi connectivity index (χ4v) is 3.54. The van der Waals surface area contributed by atoms with Gasteiger partial charge in [-0.2, -0.15) is 0 Å². The van der Waals surface area contributed by atoms with Gasteiger partial charge in [0.2, 0.25) is 0 Å². The molecule has 30 heavy (non-hydrogen) atoms. The van der Waals surface area contributed by atoms with Gasteiger partial charge in [0.05, 0.1) is 30.5 Å². The summed E-state index contributed by atoms with van der Waals surface area (Å²) in [5.74, 6) is 0.683. The Kier molecular flexibility index (Phi) is 7.31. The van der Waals surface area contributed by atoms with Crippen LogP contribution in [0.15, 0.2) is 66.9 Å². The Balaban J connectivity index is 1.99. The standard InChI is InChI=1S/C24H25ClN2O3/c1-4-14-30-23-19(25)15-18(16-21(23)29-3)24(28)27(2)22(17-10-6-5-7-11-17)20-12-8-9-13-26-20/h5-13,15-16,22H,4,14H2,1-3H3. The smallest absolute Gasteiger partial charge is 0.254 e. The molecule has 0 fully saturated rings. The zero-order valence-electron chi connectivity index (χ0n) is 17.3. The highest BCUT2D eigenvalue weighted by Crippen LogP contribution is 2.37. The lowest BCUT2D eigenvalue weighted by Crippen LogP contribution is -2.32. The number of aromatic nitrogens is 1. The molecule has 6 heteroatoms. The van der Waals surface area contributed by atoms with Gasteiger partial charge in [0.25, 0.3) is 5.91 Å². The number of amides is 1. The number of carbonyl (C=O) groups is 1. The first-order valence-corrected chi connectivity index (χ1v) is 10.2. The number of nitrogens with zero attached hydrogens (tertiary/aromatic N) is 2. The number of pyridine rings is 1. The first-order valence-electron chi connectivity index (χ1n) is 9.80. The highest BCUT2D eigenvalue weighted by Gasteiger charge is 2.27. The van der Waals surface area contributed by atoms with Crippen LogP contribution in [0.5, 0.6) is 11.5 Å². The molecule has 1 heterocycles. The third-order valence-electron chi connectivity index (χ3n) is 4.72. The van der Waals surface area contributed by atoms with Crippen molar-refractivity contribution in [2.45, 2.75) is 19.4 Å². The van der Waals surface area contributed by atoms with Gasteiger partial charge < -0.3 is 14.4 Å². The largest absolute Gasteiger partial charge is 0.493 e. The lowest BCUT2D eigenvalue weighted by Gasteiger charge is -2.28. The van der Waals surface area contributed by atoms with Gasteiger partial charge in [0, 0.05) is 18.8 Å². The summed E-state index contributed by atoms with van der Waals surface area (Å²) in [6, 6.07) is 18.4. The van der Waals surface area contributed by atoms with Gasteiger partial charge >= 0.3 is 0 Å². The molecule has 3 aromatic rings. The Morgan fingerprint density at radius 3 is 2.50 bits per heavy atom. The molecule has 0 spiro atoms. The van der Waals surface area contributed by atoms with Crippen molar-refractivity contribution in [3.8, 4) is 11.5 Å². The average molecular weight is 425 g/mol. The summed E-state index contributed by atoms with van der Waals surface area (Å²) < 4.78 is 11.1. The minimum Gasteiger partial charge on any atom is -0.493 e. The van der Waals surface area contributed by atoms with Crippen LogP contribution in [0.3, 0.4) is 0 Å². The summed E-state index contributed by atoms with van der Waals surface area (Å²) >= 11 is 6.42. The quantitative estimate of drug-likeness (QED) is 0.486. The van der Waals surface area contributed by atoms with Gasteiger partial charge in [-0.3, -0.25) is 9.78 Å². The van der Waals surface area contributed by atoms with E-state index >= 15 is 0 Å². The van der Waals surface area contributed by atoms with Crippen LogP contribution >= 0.6 is 11.6 Å². The number of benzene rings is 2. The molecule has 0 radical (unpaired) electrons.